The first-order valence-corrected chi connectivity index (χ1v) is 16.4. The van der Waals surface area contributed by atoms with Crippen molar-refractivity contribution in [1.82, 2.24) is 14.7 Å². The van der Waals surface area contributed by atoms with Gasteiger partial charge >= 0.3 is 11.9 Å². The van der Waals surface area contributed by atoms with Crippen molar-refractivity contribution in [1.29, 1.82) is 0 Å². The van der Waals surface area contributed by atoms with Gasteiger partial charge in [-0.25, -0.2) is 4.79 Å². The summed E-state index contributed by atoms with van der Waals surface area (Å²) in [5.74, 6) is -1.57. The molecule has 1 unspecified atom stereocenters. The van der Waals surface area contributed by atoms with Gasteiger partial charge in [0.15, 0.2) is 0 Å². The third kappa shape index (κ3) is 8.17. The fourth-order valence-electron chi connectivity index (χ4n) is 6.18. The number of benzene rings is 3. The molecule has 1 N–H and O–H groups in total. The summed E-state index contributed by atoms with van der Waals surface area (Å²) in [6.45, 7) is 5.63. The summed E-state index contributed by atoms with van der Waals surface area (Å²) in [6.07, 6.45) is 5.92. The number of amides is 2. The van der Waals surface area contributed by atoms with Gasteiger partial charge in [-0.3, -0.25) is 19.1 Å². The van der Waals surface area contributed by atoms with Crippen LogP contribution in [0.2, 0.25) is 0 Å². The highest BCUT2D eigenvalue weighted by Crippen LogP contribution is 2.36. The van der Waals surface area contributed by atoms with Crippen LogP contribution in [-0.2, 0) is 32.1 Å². The number of ether oxygens (including phenoxy) is 2. The molecule has 1 aromatic heterocycles. The van der Waals surface area contributed by atoms with E-state index in [0.717, 1.165) is 64.1 Å². The Morgan fingerprint density at radius 2 is 1.82 bits per heavy atom. The Morgan fingerprint density at radius 1 is 1.04 bits per heavy atom. The number of carbonyl (C=O) groups is 4. The molecular formula is C38H42N4O7. The van der Waals surface area contributed by atoms with Crippen LogP contribution in [0.25, 0.3) is 11.1 Å². The van der Waals surface area contributed by atoms with Crippen molar-refractivity contribution in [2.75, 3.05) is 32.2 Å². The quantitative estimate of drug-likeness (QED) is 0.147. The molecule has 2 heterocycles. The first kappa shape index (κ1) is 34.9. The van der Waals surface area contributed by atoms with Crippen molar-refractivity contribution in [2.24, 2.45) is 0 Å². The topological polar surface area (TPSA) is 131 Å². The van der Waals surface area contributed by atoms with Gasteiger partial charge in [0.1, 0.15) is 11.8 Å². The molecule has 49 heavy (non-hydrogen) atoms. The standard InChI is InChI=1S/C38H42N4O7/c1-25-10-5-16-34(26(25)2)49-19-9-17-35(43)42-18-8-14-31-30(13-7-15-32(31)42)29-22-39-41(24-29)23-27-11-6-12-28(20-27)37(46)40(3)33(21-36(44)45)38(47)48-4/h5-7,10-13,15-16,20,22,24,33H,8-9,14,17-19,21,23H2,1-4H3,(H,44,45). The molecule has 1 aliphatic heterocycles. The van der Waals surface area contributed by atoms with Crippen molar-refractivity contribution in [3.63, 3.8) is 0 Å². The lowest BCUT2D eigenvalue weighted by molar-refractivity contribution is -0.150. The SMILES string of the molecule is COC(=O)C(CC(=O)O)N(C)C(=O)c1cccc(Cn2cc(-c3cccc4c3CCCN4C(=O)CCCOc3cccc(C)c3C)cn2)c1. The smallest absolute Gasteiger partial charge is 0.329 e. The van der Waals surface area contributed by atoms with Crippen LogP contribution in [0.3, 0.4) is 0 Å². The lowest BCUT2D eigenvalue weighted by atomic mass is 9.93. The van der Waals surface area contributed by atoms with E-state index in [0.29, 0.717) is 38.1 Å². The predicted octanol–water partition coefficient (Wildman–Crippen LogP) is 5.44. The monoisotopic (exact) mass is 666 g/mol. The van der Waals surface area contributed by atoms with Crippen LogP contribution >= 0.6 is 0 Å². The summed E-state index contributed by atoms with van der Waals surface area (Å²) in [5.41, 5.74) is 7.40. The molecule has 0 saturated heterocycles. The highest BCUT2D eigenvalue weighted by molar-refractivity contribution is 5.98. The molecule has 0 bridgehead atoms. The average molecular weight is 667 g/mol. The minimum atomic E-state index is -1.25. The molecule has 1 atom stereocenters. The normalized spacial score (nSPS) is 12.9. The van der Waals surface area contributed by atoms with Gasteiger partial charge in [-0.1, -0.05) is 36.4 Å². The van der Waals surface area contributed by atoms with E-state index in [1.165, 1.54) is 12.6 Å². The maximum absolute atomic E-state index is 13.4. The minimum absolute atomic E-state index is 0.0827. The summed E-state index contributed by atoms with van der Waals surface area (Å²) in [6, 6.07) is 17.7. The van der Waals surface area contributed by atoms with Crippen molar-refractivity contribution >= 4 is 29.4 Å². The van der Waals surface area contributed by atoms with E-state index < -0.39 is 30.3 Å². The number of aryl methyl sites for hydroxylation is 1. The van der Waals surface area contributed by atoms with Crippen molar-refractivity contribution in [2.45, 2.75) is 58.5 Å². The molecule has 0 radical (unpaired) electrons. The number of hydrogen-bond acceptors (Lipinski definition) is 7. The second-order valence-electron chi connectivity index (χ2n) is 12.3. The second-order valence-corrected chi connectivity index (χ2v) is 12.3. The van der Waals surface area contributed by atoms with E-state index in [9.17, 15) is 24.3 Å². The molecule has 4 aromatic rings. The van der Waals surface area contributed by atoms with E-state index in [4.69, 9.17) is 9.47 Å². The fourth-order valence-corrected chi connectivity index (χ4v) is 6.18. The molecule has 0 saturated carbocycles. The summed E-state index contributed by atoms with van der Waals surface area (Å²) < 4.78 is 12.5. The first-order valence-electron chi connectivity index (χ1n) is 16.4. The van der Waals surface area contributed by atoms with Crippen LogP contribution in [0.1, 0.15) is 58.3 Å². The van der Waals surface area contributed by atoms with Gasteiger partial charge in [0, 0.05) is 43.0 Å². The number of hydrogen-bond donors (Lipinski definition) is 1. The number of carbonyl (C=O) groups excluding carboxylic acids is 3. The molecule has 0 aliphatic carbocycles. The maximum atomic E-state index is 13.4. The van der Waals surface area contributed by atoms with Crippen LogP contribution in [-0.4, -0.2) is 76.9 Å². The zero-order valence-electron chi connectivity index (χ0n) is 28.3. The van der Waals surface area contributed by atoms with Gasteiger partial charge in [0.05, 0.1) is 32.9 Å². The third-order valence-electron chi connectivity index (χ3n) is 8.99. The minimum Gasteiger partial charge on any atom is -0.493 e. The predicted molar refractivity (Wildman–Crippen MR) is 185 cm³/mol. The van der Waals surface area contributed by atoms with Crippen LogP contribution in [0.4, 0.5) is 5.69 Å². The zero-order chi connectivity index (χ0) is 35.1. The van der Waals surface area contributed by atoms with E-state index in [2.05, 4.69) is 24.2 Å². The largest absolute Gasteiger partial charge is 0.493 e. The molecule has 3 aromatic carbocycles. The second kappa shape index (κ2) is 15.6. The number of aromatic nitrogens is 2. The Hall–Kier alpha value is -5.45. The molecule has 5 rings (SSSR count). The summed E-state index contributed by atoms with van der Waals surface area (Å²) in [4.78, 5) is 53.1. The van der Waals surface area contributed by atoms with Crippen LogP contribution in [0.15, 0.2) is 73.1 Å². The summed E-state index contributed by atoms with van der Waals surface area (Å²) >= 11 is 0. The molecular weight excluding hydrogens is 624 g/mol. The van der Waals surface area contributed by atoms with E-state index in [-0.39, 0.29) is 5.91 Å². The number of anilines is 1. The maximum Gasteiger partial charge on any atom is 0.329 e. The Balaban J connectivity index is 1.25. The summed E-state index contributed by atoms with van der Waals surface area (Å²) in [7, 11) is 2.54. The molecule has 2 amide bonds. The molecule has 11 nitrogen and oxygen atoms in total. The Kier molecular flexibility index (Phi) is 11.1. The van der Waals surface area contributed by atoms with Crippen LogP contribution in [0, 0.1) is 13.8 Å². The number of aliphatic carboxylic acids is 1. The number of likely N-dealkylation sites (N-methyl/N-ethyl adjacent to an activating group) is 1. The van der Waals surface area contributed by atoms with Gasteiger partial charge in [-0.05, 0) is 85.2 Å². The van der Waals surface area contributed by atoms with Gasteiger partial charge in [-0.2, -0.15) is 5.10 Å². The molecule has 1 aliphatic rings. The number of rotatable bonds is 13. The lowest BCUT2D eigenvalue weighted by Crippen LogP contribution is -2.44. The van der Waals surface area contributed by atoms with Crippen LogP contribution < -0.4 is 9.64 Å². The number of nitrogens with zero attached hydrogens (tertiary/aromatic N) is 4. The van der Waals surface area contributed by atoms with Gasteiger partial charge in [0.25, 0.3) is 5.91 Å². The van der Waals surface area contributed by atoms with Crippen LogP contribution in [0.5, 0.6) is 5.75 Å². The van der Waals surface area contributed by atoms with E-state index >= 15 is 0 Å². The third-order valence-corrected chi connectivity index (χ3v) is 8.99. The zero-order valence-corrected chi connectivity index (χ0v) is 28.3. The van der Waals surface area contributed by atoms with Gasteiger partial charge in [-0.15, -0.1) is 0 Å². The average Bonchev–Trinajstić information content (AvgIpc) is 3.57. The van der Waals surface area contributed by atoms with E-state index in [1.54, 1.807) is 29.1 Å². The number of carboxylic acid groups (broad SMARTS) is 1. The fraction of sp³-hybridized carbons (Fsp3) is 0.342. The molecule has 0 fully saturated rings. The number of methoxy groups -OCH3 is 1. The molecule has 11 heteroatoms. The first-order chi connectivity index (χ1) is 23.6. The van der Waals surface area contributed by atoms with E-state index in [1.807, 2.05) is 48.4 Å². The number of fused-ring (bicyclic) bond motifs is 1. The Bertz CT molecular complexity index is 1850. The number of carboxylic acids is 1. The molecule has 0 spiro atoms. The Labute approximate surface area is 286 Å². The lowest BCUT2D eigenvalue weighted by Gasteiger charge is -2.31. The van der Waals surface area contributed by atoms with Gasteiger partial charge < -0.3 is 24.4 Å². The van der Waals surface area contributed by atoms with Crippen molar-refractivity contribution in [3.8, 4) is 16.9 Å². The molecule has 256 valence electrons. The van der Waals surface area contributed by atoms with Crippen molar-refractivity contribution in [3.05, 3.63) is 101 Å². The summed E-state index contributed by atoms with van der Waals surface area (Å²) in [5, 5.41) is 13.8. The Morgan fingerprint density at radius 3 is 2.59 bits per heavy atom. The number of esters is 1. The van der Waals surface area contributed by atoms with Gasteiger partial charge in [0.2, 0.25) is 5.91 Å². The highest BCUT2D eigenvalue weighted by Gasteiger charge is 2.31. The highest BCUT2D eigenvalue weighted by atomic mass is 16.5. The van der Waals surface area contributed by atoms with Crippen molar-refractivity contribution < 1.29 is 33.8 Å².